The topological polar surface area (TPSA) is 76.2 Å². The SMILES string of the molecule is Cc1[nH]c2ccccc2c1C(=O)COC(=O)CCC(=O)c1ccc(Cl)cc1. The molecular formula is C21H18ClNO4. The Kier molecular flexibility index (Phi) is 5.72. The molecule has 0 saturated carbocycles. The quantitative estimate of drug-likeness (QED) is 0.480. The molecule has 6 heteroatoms. The number of aryl methyl sites for hydroxylation is 1. The van der Waals surface area contributed by atoms with E-state index in [-0.39, 0.29) is 31.0 Å². The van der Waals surface area contributed by atoms with E-state index in [1.165, 1.54) is 0 Å². The average molecular weight is 384 g/mol. The summed E-state index contributed by atoms with van der Waals surface area (Å²) in [7, 11) is 0. The number of ketones is 2. The molecule has 0 saturated heterocycles. The summed E-state index contributed by atoms with van der Waals surface area (Å²) in [4.78, 5) is 39.6. The summed E-state index contributed by atoms with van der Waals surface area (Å²) < 4.78 is 5.06. The van der Waals surface area contributed by atoms with Gasteiger partial charge in [0.1, 0.15) is 0 Å². The smallest absolute Gasteiger partial charge is 0.306 e. The van der Waals surface area contributed by atoms with Crippen LogP contribution in [0.2, 0.25) is 5.02 Å². The van der Waals surface area contributed by atoms with Gasteiger partial charge in [-0.05, 0) is 37.3 Å². The molecule has 0 spiro atoms. The molecule has 1 aromatic heterocycles. The summed E-state index contributed by atoms with van der Waals surface area (Å²) in [6.45, 7) is 1.45. The zero-order chi connectivity index (χ0) is 19.4. The third kappa shape index (κ3) is 4.44. The van der Waals surface area contributed by atoms with Crippen molar-refractivity contribution in [2.75, 3.05) is 6.61 Å². The van der Waals surface area contributed by atoms with E-state index in [1.807, 2.05) is 24.3 Å². The van der Waals surface area contributed by atoms with Crippen LogP contribution in [-0.4, -0.2) is 29.1 Å². The third-order valence-electron chi connectivity index (χ3n) is 4.26. The van der Waals surface area contributed by atoms with E-state index in [0.29, 0.717) is 16.1 Å². The van der Waals surface area contributed by atoms with Crippen LogP contribution < -0.4 is 0 Å². The second-order valence-corrected chi connectivity index (χ2v) is 6.62. The average Bonchev–Trinajstić information content (AvgIpc) is 3.00. The number of hydrogen-bond donors (Lipinski definition) is 1. The number of Topliss-reactive ketones (excluding diaryl/α,β-unsaturated/α-hetero) is 2. The highest BCUT2D eigenvalue weighted by Gasteiger charge is 2.18. The monoisotopic (exact) mass is 383 g/mol. The number of esters is 1. The normalized spacial score (nSPS) is 10.7. The molecule has 0 atom stereocenters. The second kappa shape index (κ2) is 8.18. The molecule has 1 heterocycles. The van der Waals surface area contributed by atoms with Gasteiger partial charge in [0.2, 0.25) is 5.78 Å². The lowest BCUT2D eigenvalue weighted by Crippen LogP contribution is -2.15. The maximum absolute atomic E-state index is 12.5. The van der Waals surface area contributed by atoms with Crippen molar-refractivity contribution in [1.29, 1.82) is 0 Å². The maximum atomic E-state index is 12.5. The second-order valence-electron chi connectivity index (χ2n) is 6.18. The first kappa shape index (κ1) is 18.9. The third-order valence-corrected chi connectivity index (χ3v) is 4.51. The van der Waals surface area contributed by atoms with E-state index >= 15 is 0 Å². The van der Waals surface area contributed by atoms with Crippen LogP contribution in [0.5, 0.6) is 0 Å². The first-order chi connectivity index (χ1) is 13.0. The molecule has 5 nitrogen and oxygen atoms in total. The lowest BCUT2D eigenvalue weighted by atomic mass is 10.1. The number of halogens is 1. The first-order valence-electron chi connectivity index (χ1n) is 8.50. The fraction of sp³-hybridized carbons (Fsp3) is 0.190. The van der Waals surface area contributed by atoms with Gasteiger partial charge >= 0.3 is 5.97 Å². The highest BCUT2D eigenvalue weighted by molar-refractivity contribution is 6.30. The van der Waals surface area contributed by atoms with E-state index in [1.54, 1.807) is 31.2 Å². The predicted molar refractivity (Wildman–Crippen MR) is 103 cm³/mol. The number of H-pyrrole nitrogens is 1. The van der Waals surface area contributed by atoms with Crippen LogP contribution in [0.3, 0.4) is 0 Å². The van der Waals surface area contributed by atoms with Crippen molar-refractivity contribution in [3.8, 4) is 0 Å². The standard InChI is InChI=1S/C21H18ClNO4/c1-13-21(16-4-2-3-5-17(16)23-13)19(25)12-27-20(26)11-10-18(24)14-6-8-15(22)9-7-14/h2-9,23H,10-12H2,1H3. The predicted octanol–water partition coefficient (Wildman–Crippen LogP) is 4.52. The van der Waals surface area contributed by atoms with Crippen LogP contribution >= 0.6 is 11.6 Å². The number of para-hydroxylation sites is 1. The van der Waals surface area contributed by atoms with Gasteiger partial charge in [-0.25, -0.2) is 0 Å². The number of benzene rings is 2. The van der Waals surface area contributed by atoms with Gasteiger partial charge < -0.3 is 9.72 Å². The number of hydrogen-bond acceptors (Lipinski definition) is 4. The van der Waals surface area contributed by atoms with Crippen molar-refractivity contribution < 1.29 is 19.1 Å². The number of nitrogens with one attached hydrogen (secondary N) is 1. The molecule has 27 heavy (non-hydrogen) atoms. The van der Waals surface area contributed by atoms with Gasteiger partial charge in [0.15, 0.2) is 12.4 Å². The van der Waals surface area contributed by atoms with E-state index < -0.39 is 5.97 Å². The number of rotatable bonds is 7. The van der Waals surface area contributed by atoms with Gasteiger partial charge in [0.25, 0.3) is 0 Å². The summed E-state index contributed by atoms with van der Waals surface area (Å²) in [5.41, 5.74) is 2.60. The number of carbonyl (C=O) groups is 3. The van der Waals surface area contributed by atoms with Crippen molar-refractivity contribution in [3.63, 3.8) is 0 Å². The van der Waals surface area contributed by atoms with Crippen LogP contribution in [0, 0.1) is 6.92 Å². The van der Waals surface area contributed by atoms with Crippen LogP contribution in [-0.2, 0) is 9.53 Å². The Hall–Kier alpha value is -2.92. The summed E-state index contributed by atoms with van der Waals surface area (Å²) >= 11 is 5.78. The highest BCUT2D eigenvalue weighted by atomic mass is 35.5. The van der Waals surface area contributed by atoms with Gasteiger partial charge in [0.05, 0.1) is 6.42 Å². The van der Waals surface area contributed by atoms with Crippen molar-refractivity contribution in [2.45, 2.75) is 19.8 Å². The molecule has 2 aromatic carbocycles. The van der Waals surface area contributed by atoms with Crippen LogP contribution in [0.15, 0.2) is 48.5 Å². The lowest BCUT2D eigenvalue weighted by Gasteiger charge is -2.05. The molecule has 3 aromatic rings. The zero-order valence-electron chi connectivity index (χ0n) is 14.8. The summed E-state index contributed by atoms with van der Waals surface area (Å²) in [6, 6.07) is 13.9. The number of aromatic amines is 1. The van der Waals surface area contributed by atoms with E-state index in [4.69, 9.17) is 16.3 Å². The van der Waals surface area contributed by atoms with Gasteiger partial charge in [-0.15, -0.1) is 0 Å². The molecule has 0 radical (unpaired) electrons. The van der Waals surface area contributed by atoms with Gasteiger partial charge in [-0.3, -0.25) is 14.4 Å². The minimum absolute atomic E-state index is 0.0147. The van der Waals surface area contributed by atoms with Crippen molar-refractivity contribution in [2.24, 2.45) is 0 Å². The van der Waals surface area contributed by atoms with Gasteiger partial charge in [-0.1, -0.05) is 29.8 Å². The van der Waals surface area contributed by atoms with E-state index in [2.05, 4.69) is 4.98 Å². The van der Waals surface area contributed by atoms with E-state index in [0.717, 1.165) is 16.6 Å². The number of ether oxygens (including phenoxy) is 1. The summed E-state index contributed by atoms with van der Waals surface area (Å²) in [5, 5.41) is 1.34. The Morgan fingerprint density at radius 3 is 2.41 bits per heavy atom. The fourth-order valence-corrected chi connectivity index (χ4v) is 3.05. The van der Waals surface area contributed by atoms with Crippen molar-refractivity contribution in [3.05, 3.63) is 70.4 Å². The molecule has 0 aliphatic heterocycles. The Bertz CT molecular complexity index is 1000. The van der Waals surface area contributed by atoms with Crippen molar-refractivity contribution in [1.82, 2.24) is 4.98 Å². The highest BCUT2D eigenvalue weighted by Crippen LogP contribution is 2.22. The van der Waals surface area contributed by atoms with Crippen LogP contribution in [0.25, 0.3) is 10.9 Å². The Balaban J connectivity index is 1.54. The molecule has 0 aliphatic carbocycles. The lowest BCUT2D eigenvalue weighted by molar-refractivity contribution is -0.142. The molecule has 3 rings (SSSR count). The molecule has 1 N–H and O–H groups in total. The molecular weight excluding hydrogens is 366 g/mol. The zero-order valence-corrected chi connectivity index (χ0v) is 15.5. The van der Waals surface area contributed by atoms with Gasteiger partial charge in [0, 0.05) is 39.2 Å². The van der Waals surface area contributed by atoms with Crippen molar-refractivity contribution >= 4 is 40.0 Å². The summed E-state index contributed by atoms with van der Waals surface area (Å²) in [6.07, 6.45) is -0.0671. The minimum atomic E-state index is -0.580. The molecule has 0 aliphatic rings. The molecule has 138 valence electrons. The molecule has 0 unspecified atom stereocenters. The van der Waals surface area contributed by atoms with Crippen LogP contribution in [0.4, 0.5) is 0 Å². The first-order valence-corrected chi connectivity index (χ1v) is 8.88. The molecule has 0 fully saturated rings. The number of carbonyl (C=O) groups excluding carboxylic acids is 3. The Morgan fingerprint density at radius 2 is 1.67 bits per heavy atom. The minimum Gasteiger partial charge on any atom is -0.457 e. The van der Waals surface area contributed by atoms with Gasteiger partial charge in [-0.2, -0.15) is 0 Å². The maximum Gasteiger partial charge on any atom is 0.306 e. The van der Waals surface area contributed by atoms with E-state index in [9.17, 15) is 14.4 Å². The Labute approximate surface area is 161 Å². The molecule has 0 bridgehead atoms. The molecule has 0 amide bonds. The summed E-state index contributed by atoms with van der Waals surface area (Å²) in [5.74, 6) is -1.03. The fourth-order valence-electron chi connectivity index (χ4n) is 2.92. The van der Waals surface area contributed by atoms with Crippen LogP contribution in [0.1, 0.15) is 39.3 Å². The Morgan fingerprint density at radius 1 is 0.963 bits per heavy atom. The number of aromatic nitrogens is 1. The number of fused-ring (bicyclic) bond motifs is 1. The largest absolute Gasteiger partial charge is 0.457 e.